The van der Waals surface area contributed by atoms with Crippen LogP contribution in [-0.2, 0) is 11.2 Å². The average molecular weight is 249 g/mol. The zero-order valence-electron chi connectivity index (χ0n) is 9.48. The van der Waals surface area contributed by atoms with Crippen LogP contribution in [0.5, 0.6) is 0 Å². The molecule has 2 aliphatic rings. The van der Waals surface area contributed by atoms with Crippen LogP contribution in [0.25, 0.3) is 0 Å². The van der Waals surface area contributed by atoms with E-state index in [2.05, 4.69) is 23.5 Å². The van der Waals surface area contributed by atoms with Gasteiger partial charge in [-0.1, -0.05) is 12.1 Å². The van der Waals surface area contributed by atoms with Gasteiger partial charge in [0.2, 0.25) is 0 Å². The summed E-state index contributed by atoms with van der Waals surface area (Å²) in [5, 5.41) is 12.4. The highest BCUT2D eigenvalue weighted by molar-refractivity contribution is 7.99. The Morgan fingerprint density at radius 2 is 2.35 bits per heavy atom. The Balaban J connectivity index is 1.86. The molecule has 2 atom stereocenters. The van der Waals surface area contributed by atoms with Gasteiger partial charge in [0.05, 0.1) is 5.92 Å². The lowest BCUT2D eigenvalue weighted by Crippen LogP contribution is -2.17. The quantitative estimate of drug-likeness (QED) is 0.842. The molecule has 0 saturated carbocycles. The second-order valence-electron chi connectivity index (χ2n) is 4.65. The monoisotopic (exact) mass is 249 g/mol. The van der Waals surface area contributed by atoms with Gasteiger partial charge in [-0.2, -0.15) is 0 Å². The lowest BCUT2D eigenvalue weighted by molar-refractivity contribution is -0.141. The van der Waals surface area contributed by atoms with Crippen LogP contribution in [0.15, 0.2) is 23.1 Å². The molecular formula is C13H15NO2S. The Labute approximate surface area is 105 Å². The molecule has 2 N–H and O–H groups in total. The third-order valence-corrected chi connectivity index (χ3v) is 4.74. The summed E-state index contributed by atoms with van der Waals surface area (Å²) in [6.45, 7) is 0.594. The minimum atomic E-state index is -0.679. The van der Waals surface area contributed by atoms with Crippen molar-refractivity contribution in [1.82, 2.24) is 5.32 Å². The van der Waals surface area contributed by atoms with Gasteiger partial charge in [-0.3, -0.25) is 4.79 Å². The number of aliphatic carboxylic acids is 1. The number of thioether (sulfide) groups is 1. The van der Waals surface area contributed by atoms with Crippen LogP contribution in [0.1, 0.15) is 23.6 Å². The second-order valence-corrected chi connectivity index (χ2v) is 5.79. The molecule has 2 aliphatic heterocycles. The van der Waals surface area contributed by atoms with E-state index >= 15 is 0 Å². The zero-order valence-corrected chi connectivity index (χ0v) is 10.3. The standard InChI is InChI=1S/C13H15NO2S/c15-13(16)8-6-11(14-7-8)9-2-1-3-12-10(9)4-5-17-12/h1-3,8,11,14H,4-7H2,(H,15,16). The third-order valence-electron chi connectivity index (χ3n) is 3.63. The van der Waals surface area contributed by atoms with Crippen molar-refractivity contribution in [3.63, 3.8) is 0 Å². The van der Waals surface area contributed by atoms with Gasteiger partial charge in [0.1, 0.15) is 0 Å². The molecule has 90 valence electrons. The van der Waals surface area contributed by atoms with Crippen LogP contribution >= 0.6 is 11.8 Å². The highest BCUT2D eigenvalue weighted by Gasteiger charge is 2.32. The first-order chi connectivity index (χ1) is 8.25. The maximum atomic E-state index is 11.0. The van der Waals surface area contributed by atoms with E-state index < -0.39 is 5.97 Å². The van der Waals surface area contributed by atoms with E-state index in [4.69, 9.17) is 5.11 Å². The van der Waals surface area contributed by atoms with Gasteiger partial charge in [-0.15, -0.1) is 11.8 Å². The number of carbonyl (C=O) groups is 1. The van der Waals surface area contributed by atoms with Crippen molar-refractivity contribution in [3.8, 4) is 0 Å². The van der Waals surface area contributed by atoms with Crippen molar-refractivity contribution in [2.24, 2.45) is 5.92 Å². The van der Waals surface area contributed by atoms with E-state index in [0.717, 1.165) is 18.6 Å². The van der Waals surface area contributed by atoms with Gasteiger partial charge in [0, 0.05) is 23.2 Å². The van der Waals surface area contributed by atoms with E-state index in [1.165, 1.54) is 16.0 Å². The van der Waals surface area contributed by atoms with Crippen LogP contribution in [0.2, 0.25) is 0 Å². The molecule has 3 nitrogen and oxygen atoms in total. The molecule has 1 fully saturated rings. The molecule has 2 unspecified atom stereocenters. The van der Waals surface area contributed by atoms with Gasteiger partial charge in [0.25, 0.3) is 0 Å². The van der Waals surface area contributed by atoms with Gasteiger partial charge >= 0.3 is 5.97 Å². The molecule has 0 radical (unpaired) electrons. The predicted octanol–water partition coefficient (Wildman–Crippen LogP) is 2.07. The summed E-state index contributed by atoms with van der Waals surface area (Å²) < 4.78 is 0. The summed E-state index contributed by atoms with van der Waals surface area (Å²) in [5.74, 6) is 0.244. The first kappa shape index (κ1) is 11.1. The highest BCUT2D eigenvalue weighted by atomic mass is 32.2. The van der Waals surface area contributed by atoms with E-state index in [1.807, 2.05) is 11.8 Å². The molecule has 17 heavy (non-hydrogen) atoms. The summed E-state index contributed by atoms with van der Waals surface area (Å²) in [6, 6.07) is 6.62. The average Bonchev–Trinajstić information content (AvgIpc) is 2.97. The maximum Gasteiger partial charge on any atom is 0.307 e. The summed E-state index contributed by atoms with van der Waals surface area (Å²) in [4.78, 5) is 12.3. The van der Waals surface area contributed by atoms with Crippen molar-refractivity contribution in [2.45, 2.75) is 23.8 Å². The Morgan fingerprint density at radius 3 is 3.12 bits per heavy atom. The zero-order chi connectivity index (χ0) is 11.8. The Kier molecular flexibility index (Phi) is 2.84. The van der Waals surface area contributed by atoms with E-state index in [9.17, 15) is 4.79 Å². The molecule has 0 amide bonds. The molecule has 4 heteroatoms. The summed E-state index contributed by atoms with van der Waals surface area (Å²) in [7, 11) is 0. The minimum absolute atomic E-state index is 0.227. The smallest absolute Gasteiger partial charge is 0.307 e. The first-order valence-corrected chi connectivity index (χ1v) is 6.95. The lowest BCUT2D eigenvalue weighted by atomic mass is 9.95. The van der Waals surface area contributed by atoms with Gasteiger partial charge in [-0.05, 0) is 30.0 Å². The lowest BCUT2D eigenvalue weighted by Gasteiger charge is -2.14. The molecule has 1 aromatic rings. The molecule has 2 heterocycles. The fourth-order valence-electron chi connectivity index (χ4n) is 2.74. The van der Waals surface area contributed by atoms with Crippen molar-refractivity contribution >= 4 is 17.7 Å². The maximum absolute atomic E-state index is 11.0. The number of benzene rings is 1. The number of hydrogen-bond acceptors (Lipinski definition) is 3. The number of rotatable bonds is 2. The Bertz CT molecular complexity index is 461. The highest BCUT2D eigenvalue weighted by Crippen LogP contribution is 2.38. The van der Waals surface area contributed by atoms with E-state index in [-0.39, 0.29) is 12.0 Å². The SMILES string of the molecule is O=C(O)C1CNC(c2cccc3c2CCS3)C1. The summed E-state index contributed by atoms with van der Waals surface area (Å²) >= 11 is 1.90. The van der Waals surface area contributed by atoms with Crippen LogP contribution in [0.4, 0.5) is 0 Å². The normalized spacial score (nSPS) is 27.1. The molecule has 3 rings (SSSR count). The molecule has 0 spiro atoms. The fourth-order valence-corrected chi connectivity index (χ4v) is 3.83. The minimum Gasteiger partial charge on any atom is -0.481 e. The predicted molar refractivity (Wildman–Crippen MR) is 67.4 cm³/mol. The molecule has 0 bridgehead atoms. The van der Waals surface area contributed by atoms with Gasteiger partial charge < -0.3 is 10.4 Å². The third kappa shape index (κ3) is 1.96. The molecule has 1 aromatic carbocycles. The second kappa shape index (κ2) is 4.35. The summed E-state index contributed by atoms with van der Waals surface area (Å²) in [6.07, 6.45) is 1.84. The van der Waals surface area contributed by atoms with Crippen molar-refractivity contribution in [2.75, 3.05) is 12.3 Å². The van der Waals surface area contributed by atoms with Gasteiger partial charge in [-0.25, -0.2) is 0 Å². The van der Waals surface area contributed by atoms with Crippen LogP contribution < -0.4 is 5.32 Å². The van der Waals surface area contributed by atoms with E-state index in [1.54, 1.807) is 0 Å². The number of hydrogen-bond donors (Lipinski definition) is 2. The number of carboxylic acids is 1. The topological polar surface area (TPSA) is 49.3 Å². The first-order valence-electron chi connectivity index (χ1n) is 5.96. The van der Waals surface area contributed by atoms with Crippen LogP contribution in [0, 0.1) is 5.92 Å². The molecule has 0 aliphatic carbocycles. The summed E-state index contributed by atoms with van der Waals surface area (Å²) in [5.41, 5.74) is 2.75. The number of nitrogens with one attached hydrogen (secondary N) is 1. The van der Waals surface area contributed by atoms with Crippen molar-refractivity contribution in [1.29, 1.82) is 0 Å². The van der Waals surface area contributed by atoms with Gasteiger partial charge in [0.15, 0.2) is 0 Å². The number of carboxylic acid groups (broad SMARTS) is 1. The molecule has 0 aromatic heterocycles. The van der Waals surface area contributed by atoms with Crippen molar-refractivity contribution < 1.29 is 9.90 Å². The largest absolute Gasteiger partial charge is 0.481 e. The number of fused-ring (bicyclic) bond motifs is 1. The Morgan fingerprint density at radius 1 is 1.47 bits per heavy atom. The molecule has 1 saturated heterocycles. The van der Waals surface area contributed by atoms with Crippen LogP contribution in [-0.4, -0.2) is 23.4 Å². The van der Waals surface area contributed by atoms with Crippen molar-refractivity contribution in [3.05, 3.63) is 29.3 Å². The fraction of sp³-hybridized carbons (Fsp3) is 0.462. The Hall–Kier alpha value is -1.00. The van der Waals surface area contributed by atoms with E-state index in [0.29, 0.717) is 6.54 Å². The molecular weight excluding hydrogens is 234 g/mol. The van der Waals surface area contributed by atoms with Crippen LogP contribution in [0.3, 0.4) is 0 Å².